The number of pyridine rings is 2. The smallest absolute Gasteiger partial charge is 0.0353 e. The van der Waals surface area contributed by atoms with Crippen molar-refractivity contribution in [2.24, 2.45) is 0 Å². The fourth-order valence-corrected chi connectivity index (χ4v) is 2.22. The lowest BCUT2D eigenvalue weighted by Gasteiger charge is -1.99. The molecule has 0 aromatic carbocycles. The Morgan fingerprint density at radius 2 is 1.80 bits per heavy atom. The van der Waals surface area contributed by atoms with Gasteiger partial charge in [-0.25, -0.2) is 0 Å². The van der Waals surface area contributed by atoms with E-state index in [-0.39, 0.29) is 0 Å². The van der Waals surface area contributed by atoms with Crippen molar-refractivity contribution in [3.8, 4) is 11.1 Å². The van der Waals surface area contributed by atoms with E-state index in [0.29, 0.717) is 0 Å². The van der Waals surface area contributed by atoms with Gasteiger partial charge in [-0.15, -0.1) is 0 Å². The molecule has 15 heavy (non-hydrogen) atoms. The molecule has 0 atom stereocenters. The Morgan fingerprint density at radius 3 is 2.67 bits per heavy atom. The number of rotatable bonds is 0. The van der Waals surface area contributed by atoms with E-state index in [1.807, 2.05) is 30.9 Å². The Labute approximate surface area is 87.6 Å². The lowest BCUT2D eigenvalue weighted by atomic mass is 10.1. The summed E-state index contributed by atoms with van der Waals surface area (Å²) in [4.78, 5) is 8.34. The van der Waals surface area contributed by atoms with Crippen LogP contribution in [0.15, 0.2) is 30.9 Å². The van der Waals surface area contributed by atoms with Crippen LogP contribution in [0.25, 0.3) is 23.3 Å². The molecule has 2 heterocycles. The van der Waals surface area contributed by atoms with Crippen molar-refractivity contribution in [1.29, 1.82) is 0 Å². The van der Waals surface area contributed by atoms with E-state index in [0.717, 1.165) is 10.8 Å². The largest absolute Gasteiger partial charge is 0.264 e. The van der Waals surface area contributed by atoms with Crippen molar-refractivity contribution < 1.29 is 0 Å². The predicted octanol–water partition coefficient (Wildman–Crippen LogP) is 1.09. The topological polar surface area (TPSA) is 25.8 Å². The molecular formula is C13H10N2. The molecule has 0 amide bonds. The molecule has 0 radical (unpaired) electrons. The maximum absolute atomic E-state index is 4.19. The highest BCUT2D eigenvalue weighted by Gasteiger charge is 2.16. The second-order valence-electron chi connectivity index (χ2n) is 3.77. The minimum Gasteiger partial charge on any atom is -0.264 e. The van der Waals surface area contributed by atoms with Crippen molar-refractivity contribution in [3.05, 3.63) is 46.9 Å². The lowest BCUT2D eigenvalue weighted by molar-refractivity contribution is 1.27. The van der Waals surface area contributed by atoms with Gasteiger partial charge in [0.05, 0.1) is 0 Å². The van der Waals surface area contributed by atoms with E-state index >= 15 is 0 Å². The fraction of sp³-hybridized carbons (Fsp3) is 0.0769. The molecule has 1 aliphatic carbocycles. The van der Waals surface area contributed by atoms with Gasteiger partial charge in [-0.2, -0.15) is 0 Å². The van der Waals surface area contributed by atoms with Gasteiger partial charge in [-0.05, 0) is 34.6 Å². The molecule has 1 aliphatic rings. The van der Waals surface area contributed by atoms with Gasteiger partial charge in [0.25, 0.3) is 0 Å². The molecule has 0 N–H and O–H groups in total. The summed E-state index contributed by atoms with van der Waals surface area (Å²) in [7, 11) is 0. The molecule has 2 heteroatoms. The van der Waals surface area contributed by atoms with Gasteiger partial charge in [-0.1, -0.05) is 6.58 Å². The molecule has 0 fully saturated rings. The summed E-state index contributed by atoms with van der Waals surface area (Å²) in [6, 6.07) is 2.05. The zero-order valence-electron chi connectivity index (χ0n) is 8.49. The average molecular weight is 194 g/mol. The first kappa shape index (κ1) is 8.36. The van der Waals surface area contributed by atoms with Crippen LogP contribution < -0.4 is 10.4 Å². The molecule has 0 aliphatic heterocycles. The number of nitrogens with zero attached hydrogens (tertiary/aromatic N) is 2. The van der Waals surface area contributed by atoms with Crippen molar-refractivity contribution >= 4 is 12.2 Å². The minimum atomic E-state index is 0.987. The first-order chi connectivity index (χ1) is 7.29. The molecule has 2 nitrogen and oxygen atoms in total. The number of hydrogen-bond acceptors (Lipinski definition) is 2. The Bertz CT molecular complexity index is 656. The standard InChI is InChI=1S/C13H10N2/c1-8-5-15-7-12-11-6-14-4-3-10(11)9(2)13(8)12/h3-7H,1H2,2H3. The molecule has 0 unspecified atom stereocenters. The van der Waals surface area contributed by atoms with E-state index in [1.54, 1.807) is 0 Å². The zero-order valence-corrected chi connectivity index (χ0v) is 8.49. The van der Waals surface area contributed by atoms with Crippen molar-refractivity contribution in [2.45, 2.75) is 6.92 Å². The van der Waals surface area contributed by atoms with Gasteiger partial charge in [0.1, 0.15) is 0 Å². The molecule has 0 saturated heterocycles. The maximum Gasteiger partial charge on any atom is 0.0353 e. The van der Waals surface area contributed by atoms with Crippen LogP contribution in [0, 0.1) is 0 Å². The van der Waals surface area contributed by atoms with E-state index in [4.69, 9.17) is 0 Å². The van der Waals surface area contributed by atoms with Crippen molar-refractivity contribution in [2.75, 3.05) is 0 Å². The molecule has 0 saturated carbocycles. The summed E-state index contributed by atoms with van der Waals surface area (Å²) in [5, 5.41) is 2.20. The maximum atomic E-state index is 4.19. The number of aromatic nitrogens is 2. The second kappa shape index (κ2) is 2.76. The van der Waals surface area contributed by atoms with Crippen LogP contribution in [-0.2, 0) is 0 Å². The third-order valence-electron chi connectivity index (χ3n) is 2.91. The highest BCUT2D eigenvalue weighted by atomic mass is 14.6. The predicted molar refractivity (Wildman–Crippen MR) is 60.4 cm³/mol. The second-order valence-corrected chi connectivity index (χ2v) is 3.77. The van der Waals surface area contributed by atoms with Gasteiger partial charge in [0.2, 0.25) is 0 Å². The minimum absolute atomic E-state index is 0.987. The summed E-state index contributed by atoms with van der Waals surface area (Å²) < 4.78 is 0. The number of hydrogen-bond donors (Lipinski definition) is 0. The molecule has 2 aromatic heterocycles. The fourth-order valence-electron chi connectivity index (χ4n) is 2.22. The van der Waals surface area contributed by atoms with Crippen LogP contribution in [-0.4, -0.2) is 9.97 Å². The summed E-state index contributed by atoms with van der Waals surface area (Å²) >= 11 is 0. The zero-order chi connectivity index (χ0) is 10.4. The first-order valence-corrected chi connectivity index (χ1v) is 4.87. The van der Waals surface area contributed by atoms with Gasteiger partial charge in [0, 0.05) is 35.9 Å². The Kier molecular flexibility index (Phi) is 1.54. The van der Waals surface area contributed by atoms with E-state index < -0.39 is 0 Å². The summed E-state index contributed by atoms with van der Waals surface area (Å²) in [5.74, 6) is 0. The molecular weight excluding hydrogens is 184 g/mol. The molecule has 0 spiro atoms. The summed E-state index contributed by atoms with van der Waals surface area (Å²) in [6.07, 6.45) is 7.42. The van der Waals surface area contributed by atoms with Crippen LogP contribution in [0.3, 0.4) is 0 Å². The first-order valence-electron chi connectivity index (χ1n) is 4.87. The van der Waals surface area contributed by atoms with E-state index in [9.17, 15) is 0 Å². The van der Waals surface area contributed by atoms with Gasteiger partial charge < -0.3 is 0 Å². The van der Waals surface area contributed by atoms with Crippen LogP contribution in [0.4, 0.5) is 0 Å². The van der Waals surface area contributed by atoms with Crippen molar-refractivity contribution in [3.63, 3.8) is 0 Å². The Balaban J connectivity index is 2.58. The van der Waals surface area contributed by atoms with Crippen LogP contribution in [0.2, 0.25) is 0 Å². The van der Waals surface area contributed by atoms with Crippen LogP contribution >= 0.6 is 0 Å². The highest BCUT2D eigenvalue weighted by molar-refractivity contribution is 5.87. The quantitative estimate of drug-likeness (QED) is 0.627. The Hall–Kier alpha value is -1.96. The van der Waals surface area contributed by atoms with E-state index in [1.165, 1.54) is 21.9 Å². The van der Waals surface area contributed by atoms with Gasteiger partial charge >= 0.3 is 0 Å². The third kappa shape index (κ3) is 0.988. The van der Waals surface area contributed by atoms with Crippen LogP contribution in [0.5, 0.6) is 0 Å². The van der Waals surface area contributed by atoms with Gasteiger partial charge in [-0.3, -0.25) is 9.97 Å². The molecule has 0 bridgehead atoms. The Morgan fingerprint density at radius 1 is 1.00 bits per heavy atom. The summed E-state index contributed by atoms with van der Waals surface area (Å²) in [5.41, 5.74) is 4.85. The molecule has 3 rings (SSSR count). The summed E-state index contributed by atoms with van der Waals surface area (Å²) in [6.45, 7) is 6.15. The SMILES string of the molecule is C=c1cncc2c1=C(C)c1ccncc1-2. The number of fused-ring (bicyclic) bond motifs is 3. The third-order valence-corrected chi connectivity index (χ3v) is 2.91. The van der Waals surface area contributed by atoms with Gasteiger partial charge in [0.15, 0.2) is 0 Å². The van der Waals surface area contributed by atoms with E-state index in [2.05, 4.69) is 23.5 Å². The lowest BCUT2D eigenvalue weighted by Crippen LogP contribution is -2.25. The molecule has 72 valence electrons. The average Bonchev–Trinajstić information content (AvgIpc) is 2.55. The van der Waals surface area contributed by atoms with Crippen LogP contribution in [0.1, 0.15) is 12.5 Å². The van der Waals surface area contributed by atoms with Crippen molar-refractivity contribution in [1.82, 2.24) is 9.97 Å². The normalized spacial score (nSPS) is 12.5. The molecule has 2 aromatic rings. The monoisotopic (exact) mass is 194 g/mol. The highest BCUT2D eigenvalue weighted by Crippen LogP contribution is 2.28.